The fourth-order valence-electron chi connectivity index (χ4n) is 2.27. The van der Waals surface area contributed by atoms with Crippen molar-refractivity contribution in [3.05, 3.63) is 22.7 Å². The quantitative estimate of drug-likeness (QED) is 0.706. The van der Waals surface area contributed by atoms with Crippen LogP contribution in [0.2, 0.25) is 5.02 Å². The van der Waals surface area contributed by atoms with Crippen molar-refractivity contribution in [2.45, 2.75) is 30.5 Å². The molecule has 0 atom stereocenters. The number of hydrogen-bond donors (Lipinski definition) is 0. The molecule has 0 radical (unpaired) electrons. The van der Waals surface area contributed by atoms with Crippen molar-refractivity contribution < 1.29 is 13.2 Å². The lowest BCUT2D eigenvalue weighted by molar-refractivity contribution is 0.386. The number of ether oxygens (including phenoxy) is 1. The van der Waals surface area contributed by atoms with Gasteiger partial charge >= 0.3 is 0 Å². The van der Waals surface area contributed by atoms with Crippen LogP contribution in [0.3, 0.4) is 0 Å². The first kappa shape index (κ1) is 16.9. The highest BCUT2D eigenvalue weighted by molar-refractivity contribution is 7.89. The molecule has 0 aliphatic heterocycles. The number of benzene rings is 1. The van der Waals surface area contributed by atoms with Gasteiger partial charge in [-0.2, -0.15) is 4.31 Å². The Bertz CT molecular complexity index is 615. The minimum Gasteiger partial charge on any atom is -0.495 e. The van der Waals surface area contributed by atoms with Gasteiger partial charge in [0, 0.05) is 23.7 Å². The number of rotatable bonds is 7. The number of halogens is 2. The third-order valence-electron chi connectivity index (χ3n) is 3.57. The molecule has 1 saturated carbocycles. The van der Waals surface area contributed by atoms with Gasteiger partial charge in [0.2, 0.25) is 10.0 Å². The average molecular weight is 352 g/mol. The second-order valence-corrected chi connectivity index (χ2v) is 7.74. The highest BCUT2D eigenvalue weighted by atomic mass is 35.5. The Labute approximate surface area is 136 Å². The van der Waals surface area contributed by atoms with E-state index in [4.69, 9.17) is 27.9 Å². The highest BCUT2D eigenvalue weighted by Gasteiger charge is 2.33. The van der Waals surface area contributed by atoms with E-state index in [1.165, 1.54) is 17.5 Å². The summed E-state index contributed by atoms with van der Waals surface area (Å²) in [6.07, 6.45) is 2.18. The van der Waals surface area contributed by atoms with Gasteiger partial charge in [-0.05, 0) is 30.9 Å². The molecule has 0 saturated heterocycles. The van der Waals surface area contributed by atoms with Gasteiger partial charge in [-0.1, -0.05) is 18.5 Å². The maximum Gasteiger partial charge on any atom is 0.246 e. The molecule has 1 aliphatic carbocycles. The normalized spacial score (nSPS) is 15.5. The minimum atomic E-state index is -3.64. The molecule has 118 valence electrons. The number of methoxy groups -OCH3 is 1. The molecule has 7 heteroatoms. The monoisotopic (exact) mass is 351 g/mol. The maximum absolute atomic E-state index is 12.9. The van der Waals surface area contributed by atoms with E-state index in [2.05, 4.69) is 0 Å². The number of nitrogens with zero attached hydrogens (tertiary/aromatic N) is 1. The second-order valence-electron chi connectivity index (χ2n) is 5.13. The fraction of sp³-hybridized carbons (Fsp3) is 0.571. The Kier molecular flexibility index (Phi) is 5.41. The van der Waals surface area contributed by atoms with Gasteiger partial charge in [0.25, 0.3) is 0 Å². The van der Waals surface area contributed by atoms with Crippen LogP contribution in [0.5, 0.6) is 5.75 Å². The van der Waals surface area contributed by atoms with E-state index in [1.807, 2.05) is 6.92 Å². The molecule has 1 aromatic carbocycles. The summed E-state index contributed by atoms with van der Waals surface area (Å²) in [5.74, 6) is 0.891. The van der Waals surface area contributed by atoms with Crippen molar-refractivity contribution in [1.82, 2.24) is 4.31 Å². The molecule has 21 heavy (non-hydrogen) atoms. The summed E-state index contributed by atoms with van der Waals surface area (Å²) in [6.45, 7) is 2.80. The summed E-state index contributed by atoms with van der Waals surface area (Å²) >= 11 is 11.9. The summed E-state index contributed by atoms with van der Waals surface area (Å²) in [5.41, 5.74) is 0.577. The molecule has 4 nitrogen and oxygen atoms in total. The van der Waals surface area contributed by atoms with Gasteiger partial charge < -0.3 is 4.74 Å². The molecule has 0 bridgehead atoms. The van der Waals surface area contributed by atoms with Crippen LogP contribution in [0, 0.1) is 5.92 Å². The van der Waals surface area contributed by atoms with Crippen LogP contribution in [-0.2, 0) is 15.9 Å². The first-order chi connectivity index (χ1) is 9.93. The summed E-state index contributed by atoms with van der Waals surface area (Å²) in [4.78, 5) is 0.0932. The molecule has 0 N–H and O–H groups in total. The smallest absolute Gasteiger partial charge is 0.246 e. The summed E-state index contributed by atoms with van der Waals surface area (Å²) in [6, 6.07) is 3.06. The molecule has 0 heterocycles. The Morgan fingerprint density at radius 1 is 1.38 bits per heavy atom. The van der Waals surface area contributed by atoms with Gasteiger partial charge in [0.1, 0.15) is 10.6 Å². The van der Waals surface area contributed by atoms with Gasteiger partial charge in [0.15, 0.2) is 0 Å². The molecular weight excluding hydrogens is 333 g/mol. The Hall–Kier alpha value is -0.490. The molecule has 1 aromatic rings. The zero-order valence-corrected chi connectivity index (χ0v) is 14.4. The lowest BCUT2D eigenvalue weighted by atomic mass is 10.2. The van der Waals surface area contributed by atoms with E-state index in [9.17, 15) is 8.42 Å². The van der Waals surface area contributed by atoms with E-state index in [1.54, 1.807) is 6.07 Å². The van der Waals surface area contributed by atoms with Crippen molar-refractivity contribution >= 4 is 33.2 Å². The SMILES string of the molecule is CCN(CC1CC1)S(=O)(=O)c1cc(Cl)cc(CCl)c1OC. The zero-order chi connectivity index (χ0) is 15.6. The first-order valence-electron chi connectivity index (χ1n) is 6.86. The molecule has 1 aliphatic rings. The topological polar surface area (TPSA) is 46.6 Å². The van der Waals surface area contributed by atoms with Gasteiger partial charge in [-0.3, -0.25) is 0 Å². The third kappa shape index (κ3) is 3.65. The van der Waals surface area contributed by atoms with Crippen LogP contribution in [0.1, 0.15) is 25.3 Å². The lowest BCUT2D eigenvalue weighted by Gasteiger charge is -2.22. The van der Waals surface area contributed by atoms with Crippen LogP contribution in [0.15, 0.2) is 17.0 Å². The molecule has 0 aromatic heterocycles. The minimum absolute atomic E-state index is 0.0932. The van der Waals surface area contributed by atoms with Gasteiger partial charge in [-0.15, -0.1) is 11.6 Å². The van der Waals surface area contributed by atoms with Crippen molar-refractivity contribution in [2.24, 2.45) is 5.92 Å². The molecular formula is C14H19Cl2NO3S. The van der Waals surface area contributed by atoms with Crippen LogP contribution in [0.25, 0.3) is 0 Å². The zero-order valence-electron chi connectivity index (χ0n) is 12.1. The number of alkyl halides is 1. The fourth-order valence-corrected chi connectivity index (χ4v) is 4.52. The standard InChI is InChI=1S/C14H19Cl2NO3S/c1-3-17(9-10-4-5-10)21(18,19)13-7-12(16)6-11(8-15)14(13)20-2/h6-7,10H,3-5,8-9H2,1-2H3. The van der Waals surface area contributed by atoms with E-state index in [0.29, 0.717) is 29.6 Å². The molecule has 0 amide bonds. The van der Waals surface area contributed by atoms with Gasteiger partial charge in [0.05, 0.1) is 13.0 Å². The van der Waals surface area contributed by atoms with Crippen LogP contribution in [0.4, 0.5) is 0 Å². The van der Waals surface area contributed by atoms with Crippen molar-refractivity contribution in [2.75, 3.05) is 20.2 Å². The average Bonchev–Trinajstić information content (AvgIpc) is 3.27. The first-order valence-corrected chi connectivity index (χ1v) is 9.21. The Balaban J connectivity index is 2.49. The van der Waals surface area contributed by atoms with E-state index >= 15 is 0 Å². The summed E-state index contributed by atoms with van der Waals surface area (Å²) < 4.78 is 32.5. The predicted molar refractivity (Wildman–Crippen MR) is 84.7 cm³/mol. The summed E-state index contributed by atoms with van der Waals surface area (Å²) in [7, 11) is -2.20. The maximum atomic E-state index is 12.9. The number of sulfonamides is 1. The highest BCUT2D eigenvalue weighted by Crippen LogP contribution is 2.36. The van der Waals surface area contributed by atoms with Crippen molar-refractivity contribution in [3.8, 4) is 5.75 Å². The van der Waals surface area contributed by atoms with Crippen LogP contribution in [-0.4, -0.2) is 32.9 Å². The van der Waals surface area contributed by atoms with Gasteiger partial charge in [-0.25, -0.2) is 8.42 Å². The lowest BCUT2D eigenvalue weighted by Crippen LogP contribution is -2.33. The molecule has 0 unspecified atom stereocenters. The molecule has 2 rings (SSSR count). The van der Waals surface area contributed by atoms with E-state index < -0.39 is 10.0 Å². The van der Waals surface area contributed by atoms with Crippen molar-refractivity contribution in [1.29, 1.82) is 0 Å². The Morgan fingerprint density at radius 3 is 2.52 bits per heavy atom. The van der Waals surface area contributed by atoms with Crippen LogP contribution < -0.4 is 4.74 Å². The Morgan fingerprint density at radius 2 is 2.05 bits per heavy atom. The third-order valence-corrected chi connectivity index (χ3v) is 6.03. The molecule has 1 fully saturated rings. The van der Waals surface area contributed by atoms with E-state index in [0.717, 1.165) is 12.8 Å². The van der Waals surface area contributed by atoms with Crippen molar-refractivity contribution in [3.63, 3.8) is 0 Å². The number of hydrogen-bond acceptors (Lipinski definition) is 3. The second kappa shape index (κ2) is 6.73. The van der Waals surface area contributed by atoms with Crippen LogP contribution >= 0.6 is 23.2 Å². The summed E-state index contributed by atoms with van der Waals surface area (Å²) in [5, 5.41) is 0.340. The van der Waals surface area contributed by atoms with E-state index in [-0.39, 0.29) is 16.5 Å². The predicted octanol–water partition coefficient (Wildman–Crippen LogP) is 3.51. The largest absolute Gasteiger partial charge is 0.495 e. The molecule has 0 spiro atoms.